The number of hydrogen-bond donors (Lipinski definition) is 3. The standard InChI is InChI=1S/C25H29N5O2S/c1-17-21(10-8-20-9-11-23(33-20)22-5-3-4-12-26-22)24(29-19-7-6-18(15-19)16-31)30-25(28-17)27-13-14-32-2/h3-5,9,11-12,18-19,31H,6-7,13-16H2,1-2H3,(H2,27,28,29,30)/t18-,19+/m1/s1. The summed E-state index contributed by atoms with van der Waals surface area (Å²) < 4.78 is 5.12. The number of pyridine rings is 1. The lowest BCUT2D eigenvalue weighted by Gasteiger charge is -2.17. The van der Waals surface area contributed by atoms with Crippen LogP contribution in [0.4, 0.5) is 11.8 Å². The van der Waals surface area contributed by atoms with Gasteiger partial charge in [-0.15, -0.1) is 11.3 Å². The zero-order chi connectivity index (χ0) is 23.0. The van der Waals surface area contributed by atoms with Gasteiger partial charge in [0.15, 0.2) is 0 Å². The van der Waals surface area contributed by atoms with Gasteiger partial charge in [0.05, 0.1) is 33.3 Å². The quantitative estimate of drug-likeness (QED) is 0.344. The maximum Gasteiger partial charge on any atom is 0.225 e. The molecule has 1 aliphatic carbocycles. The highest BCUT2D eigenvalue weighted by Gasteiger charge is 2.25. The Morgan fingerprint density at radius 1 is 1.18 bits per heavy atom. The maximum absolute atomic E-state index is 9.51. The number of aliphatic hydroxyl groups is 1. The first-order chi connectivity index (χ1) is 16.2. The van der Waals surface area contributed by atoms with Crippen molar-refractivity contribution >= 4 is 23.1 Å². The van der Waals surface area contributed by atoms with Crippen molar-refractivity contribution in [1.82, 2.24) is 15.0 Å². The third-order valence-electron chi connectivity index (χ3n) is 5.65. The second-order valence-corrected chi connectivity index (χ2v) is 9.19. The molecule has 2 atom stereocenters. The van der Waals surface area contributed by atoms with E-state index in [9.17, 15) is 5.11 Å². The van der Waals surface area contributed by atoms with Crippen LogP contribution in [0, 0.1) is 24.7 Å². The second kappa shape index (κ2) is 11.2. The SMILES string of the molecule is COCCNc1nc(C)c(C#Cc2ccc(-c3ccccn3)s2)c(N[C@H]2CC[C@@H](CO)C2)n1. The summed E-state index contributed by atoms with van der Waals surface area (Å²) in [5.41, 5.74) is 2.56. The van der Waals surface area contributed by atoms with E-state index in [2.05, 4.69) is 38.5 Å². The molecule has 1 aliphatic rings. The lowest BCUT2D eigenvalue weighted by atomic mass is 10.1. The number of nitrogens with zero attached hydrogens (tertiary/aromatic N) is 3. The molecule has 172 valence electrons. The first-order valence-corrected chi connectivity index (χ1v) is 12.0. The number of thiophene rings is 1. The van der Waals surface area contributed by atoms with Crippen molar-refractivity contribution in [3.05, 3.63) is 52.7 Å². The molecule has 0 unspecified atom stereocenters. The third-order valence-corrected chi connectivity index (χ3v) is 6.68. The van der Waals surface area contributed by atoms with Gasteiger partial charge in [-0.3, -0.25) is 4.98 Å². The molecule has 1 fully saturated rings. The Bertz CT molecular complexity index is 1120. The van der Waals surface area contributed by atoms with Crippen LogP contribution in [0.2, 0.25) is 0 Å². The summed E-state index contributed by atoms with van der Waals surface area (Å²) in [4.78, 5) is 15.8. The summed E-state index contributed by atoms with van der Waals surface area (Å²) in [6.07, 6.45) is 4.75. The average Bonchev–Trinajstić information content (AvgIpc) is 3.49. The summed E-state index contributed by atoms with van der Waals surface area (Å²) in [6, 6.07) is 10.2. The highest BCUT2D eigenvalue weighted by Crippen LogP contribution is 2.29. The average molecular weight is 464 g/mol. The van der Waals surface area contributed by atoms with E-state index in [0.29, 0.717) is 25.0 Å². The molecule has 0 saturated heterocycles. The number of anilines is 2. The van der Waals surface area contributed by atoms with Crippen molar-refractivity contribution in [3.63, 3.8) is 0 Å². The molecule has 3 heterocycles. The minimum atomic E-state index is 0.231. The lowest BCUT2D eigenvalue weighted by Crippen LogP contribution is -2.20. The molecule has 3 aromatic heterocycles. The maximum atomic E-state index is 9.51. The highest BCUT2D eigenvalue weighted by molar-refractivity contribution is 7.16. The summed E-state index contributed by atoms with van der Waals surface area (Å²) in [5, 5.41) is 16.3. The third kappa shape index (κ3) is 6.08. The Hall–Kier alpha value is -2.99. The van der Waals surface area contributed by atoms with Crippen LogP contribution in [0.5, 0.6) is 0 Å². The zero-order valence-corrected chi connectivity index (χ0v) is 19.8. The van der Waals surface area contributed by atoms with Gasteiger partial charge in [0.1, 0.15) is 5.82 Å². The molecule has 3 aromatic rings. The Balaban J connectivity index is 1.59. The molecule has 1 saturated carbocycles. The molecule has 4 rings (SSSR count). The fraction of sp³-hybridized carbons (Fsp3) is 0.400. The van der Waals surface area contributed by atoms with E-state index in [1.165, 1.54) is 0 Å². The monoisotopic (exact) mass is 463 g/mol. The van der Waals surface area contributed by atoms with Crippen LogP contribution < -0.4 is 10.6 Å². The van der Waals surface area contributed by atoms with E-state index >= 15 is 0 Å². The summed E-state index contributed by atoms with van der Waals surface area (Å²) in [7, 11) is 1.67. The fourth-order valence-electron chi connectivity index (χ4n) is 3.91. The van der Waals surface area contributed by atoms with Crippen LogP contribution in [-0.2, 0) is 4.74 Å². The number of nitrogens with one attached hydrogen (secondary N) is 2. The predicted octanol–water partition coefficient (Wildman–Crippen LogP) is 3.94. The molecule has 7 nitrogen and oxygen atoms in total. The Labute approximate surface area is 198 Å². The smallest absolute Gasteiger partial charge is 0.225 e. The van der Waals surface area contributed by atoms with Gasteiger partial charge in [0.25, 0.3) is 0 Å². The Morgan fingerprint density at radius 3 is 2.85 bits per heavy atom. The number of methoxy groups -OCH3 is 1. The van der Waals surface area contributed by atoms with E-state index in [1.807, 2.05) is 31.2 Å². The number of aromatic nitrogens is 3. The van der Waals surface area contributed by atoms with Crippen LogP contribution in [0.15, 0.2) is 36.5 Å². The molecule has 0 radical (unpaired) electrons. The molecule has 33 heavy (non-hydrogen) atoms. The first-order valence-electron chi connectivity index (χ1n) is 11.2. The van der Waals surface area contributed by atoms with Gasteiger partial charge in [-0.1, -0.05) is 17.9 Å². The molecule has 0 aromatic carbocycles. The van der Waals surface area contributed by atoms with E-state index in [-0.39, 0.29) is 12.6 Å². The van der Waals surface area contributed by atoms with Gasteiger partial charge in [0, 0.05) is 32.5 Å². The first kappa shape index (κ1) is 23.2. The van der Waals surface area contributed by atoms with Crippen molar-refractivity contribution in [1.29, 1.82) is 0 Å². The molecule has 0 bridgehead atoms. The van der Waals surface area contributed by atoms with Gasteiger partial charge in [0.2, 0.25) is 5.95 Å². The van der Waals surface area contributed by atoms with E-state index in [4.69, 9.17) is 9.72 Å². The van der Waals surface area contributed by atoms with Crippen molar-refractivity contribution in [2.24, 2.45) is 5.92 Å². The largest absolute Gasteiger partial charge is 0.396 e. The topological polar surface area (TPSA) is 92.2 Å². The summed E-state index contributed by atoms with van der Waals surface area (Å²) >= 11 is 1.62. The highest BCUT2D eigenvalue weighted by atomic mass is 32.1. The van der Waals surface area contributed by atoms with E-state index in [1.54, 1.807) is 24.6 Å². The van der Waals surface area contributed by atoms with Crippen molar-refractivity contribution < 1.29 is 9.84 Å². The van der Waals surface area contributed by atoms with Crippen LogP contribution in [0.25, 0.3) is 10.6 Å². The number of hydrogen-bond acceptors (Lipinski definition) is 8. The fourth-order valence-corrected chi connectivity index (χ4v) is 4.75. The Morgan fingerprint density at radius 2 is 2.09 bits per heavy atom. The van der Waals surface area contributed by atoms with Gasteiger partial charge >= 0.3 is 0 Å². The van der Waals surface area contributed by atoms with Crippen molar-refractivity contribution in [2.75, 3.05) is 37.5 Å². The van der Waals surface area contributed by atoms with Crippen LogP contribution in [-0.4, -0.2) is 53.0 Å². The molecule has 0 spiro atoms. The summed E-state index contributed by atoms with van der Waals surface area (Å²) in [5.74, 6) is 8.23. The molecular weight excluding hydrogens is 434 g/mol. The number of rotatable bonds is 8. The normalized spacial score (nSPS) is 17.4. The lowest BCUT2D eigenvalue weighted by molar-refractivity contribution is 0.210. The Kier molecular flexibility index (Phi) is 7.89. The second-order valence-electron chi connectivity index (χ2n) is 8.11. The molecule has 0 aliphatic heterocycles. The minimum absolute atomic E-state index is 0.231. The summed E-state index contributed by atoms with van der Waals surface area (Å²) in [6.45, 7) is 3.39. The van der Waals surface area contributed by atoms with Crippen LogP contribution in [0.1, 0.15) is 35.4 Å². The van der Waals surface area contributed by atoms with Crippen molar-refractivity contribution in [3.8, 4) is 22.4 Å². The van der Waals surface area contributed by atoms with Crippen LogP contribution >= 0.6 is 11.3 Å². The molecular formula is C25H29N5O2S. The molecule has 3 N–H and O–H groups in total. The van der Waals surface area contributed by atoms with Gasteiger partial charge in [-0.2, -0.15) is 4.98 Å². The number of aliphatic hydroxyl groups excluding tert-OH is 1. The van der Waals surface area contributed by atoms with Crippen LogP contribution in [0.3, 0.4) is 0 Å². The predicted molar refractivity (Wildman–Crippen MR) is 133 cm³/mol. The van der Waals surface area contributed by atoms with Crippen molar-refractivity contribution in [2.45, 2.75) is 32.2 Å². The van der Waals surface area contributed by atoms with Gasteiger partial charge < -0.3 is 20.5 Å². The number of aryl methyl sites for hydroxylation is 1. The molecule has 0 amide bonds. The molecule has 8 heteroatoms. The van der Waals surface area contributed by atoms with E-state index in [0.717, 1.165) is 51.8 Å². The van der Waals surface area contributed by atoms with Gasteiger partial charge in [-0.05, 0) is 56.4 Å². The zero-order valence-electron chi connectivity index (χ0n) is 19.0. The van der Waals surface area contributed by atoms with E-state index < -0.39 is 0 Å². The van der Waals surface area contributed by atoms with Gasteiger partial charge in [-0.25, -0.2) is 4.98 Å². The minimum Gasteiger partial charge on any atom is -0.396 e. The number of ether oxygens (including phenoxy) is 1.